The Hall–Kier alpha value is -2.27. The van der Waals surface area contributed by atoms with Gasteiger partial charge in [0.1, 0.15) is 17.4 Å². The predicted molar refractivity (Wildman–Crippen MR) is 136 cm³/mol. The number of halogens is 3. The summed E-state index contributed by atoms with van der Waals surface area (Å²) in [6.07, 6.45) is 4.49. The van der Waals surface area contributed by atoms with Crippen LogP contribution in [0.4, 0.5) is 8.78 Å². The molecule has 1 saturated carbocycles. The minimum atomic E-state index is -3.97. The van der Waals surface area contributed by atoms with Gasteiger partial charge in [-0.15, -0.1) is 0 Å². The molecule has 11 heteroatoms. The molecule has 2 saturated heterocycles. The molecule has 0 radical (unpaired) electrons. The van der Waals surface area contributed by atoms with Gasteiger partial charge in [0.25, 0.3) is 5.91 Å². The van der Waals surface area contributed by atoms with Gasteiger partial charge in [-0.3, -0.25) is 9.69 Å². The zero-order valence-corrected chi connectivity index (χ0v) is 22.0. The van der Waals surface area contributed by atoms with Crippen LogP contribution in [0.25, 0.3) is 0 Å². The zero-order chi connectivity index (χ0) is 26.2. The second-order valence-electron chi connectivity index (χ2n) is 10.1. The first-order valence-electron chi connectivity index (χ1n) is 12.6. The molecule has 2 aromatic carbocycles. The number of carbonyl (C=O) groups is 1. The lowest BCUT2D eigenvalue weighted by atomic mass is 9.98. The maximum Gasteiger partial charge on any atom is 0.304 e. The lowest BCUT2D eigenvalue weighted by Crippen LogP contribution is -2.49. The smallest absolute Gasteiger partial charge is 0.304 e. The largest absolute Gasteiger partial charge is 0.493 e. The standard InChI is InChI=1S/C26H30ClF2N3O4S/c27-23-11-20(28)7-6-19(23)15-31-8-1-3-17(14-31)16-36-25-13-24(29)22(12-21(25)18-4-5-18)26(33)30-37(34,35)32-9-2-10-32/h6-7,11-13,17-18H,1-5,8-10,14-16H2,(H,30,33)/t17-/m1/s1. The molecule has 1 atom stereocenters. The Morgan fingerprint density at radius 2 is 1.86 bits per heavy atom. The molecule has 1 amide bonds. The second kappa shape index (κ2) is 10.8. The molecule has 1 N–H and O–H groups in total. The van der Waals surface area contributed by atoms with Crippen LogP contribution >= 0.6 is 11.6 Å². The molecule has 3 fully saturated rings. The number of benzene rings is 2. The van der Waals surface area contributed by atoms with E-state index in [4.69, 9.17) is 16.3 Å². The van der Waals surface area contributed by atoms with E-state index in [9.17, 15) is 22.0 Å². The lowest BCUT2D eigenvalue weighted by Gasteiger charge is -2.33. The summed E-state index contributed by atoms with van der Waals surface area (Å²) in [6, 6.07) is 7.07. The molecule has 0 spiro atoms. The molecule has 5 rings (SSSR count). The van der Waals surface area contributed by atoms with Gasteiger partial charge in [0.05, 0.1) is 12.2 Å². The van der Waals surface area contributed by atoms with Crippen molar-refractivity contribution < 1.29 is 26.7 Å². The Morgan fingerprint density at radius 1 is 1.08 bits per heavy atom. The van der Waals surface area contributed by atoms with Crippen molar-refractivity contribution in [2.45, 2.75) is 44.6 Å². The Morgan fingerprint density at radius 3 is 2.54 bits per heavy atom. The van der Waals surface area contributed by atoms with Crippen LogP contribution in [0.3, 0.4) is 0 Å². The third-order valence-electron chi connectivity index (χ3n) is 7.22. The summed E-state index contributed by atoms with van der Waals surface area (Å²) >= 11 is 6.20. The zero-order valence-electron chi connectivity index (χ0n) is 20.4. The minimum absolute atomic E-state index is 0.164. The average molecular weight is 554 g/mol. The number of ether oxygens (including phenoxy) is 1. The fraction of sp³-hybridized carbons (Fsp3) is 0.500. The van der Waals surface area contributed by atoms with Gasteiger partial charge in [-0.25, -0.2) is 13.5 Å². The van der Waals surface area contributed by atoms with E-state index in [-0.39, 0.29) is 23.2 Å². The van der Waals surface area contributed by atoms with Crippen LogP contribution in [0.2, 0.25) is 5.02 Å². The summed E-state index contributed by atoms with van der Waals surface area (Å²) in [5.41, 5.74) is 1.31. The van der Waals surface area contributed by atoms with Crippen LogP contribution in [-0.2, 0) is 16.8 Å². The molecule has 0 aromatic heterocycles. The first kappa shape index (κ1) is 26.3. The van der Waals surface area contributed by atoms with E-state index in [2.05, 4.69) is 4.90 Å². The first-order valence-corrected chi connectivity index (χ1v) is 14.5. The minimum Gasteiger partial charge on any atom is -0.493 e. The number of rotatable bonds is 9. The van der Waals surface area contributed by atoms with Crippen molar-refractivity contribution in [1.29, 1.82) is 0 Å². The van der Waals surface area contributed by atoms with Gasteiger partial charge >= 0.3 is 10.2 Å². The van der Waals surface area contributed by atoms with Crippen molar-refractivity contribution in [2.24, 2.45) is 5.92 Å². The summed E-state index contributed by atoms with van der Waals surface area (Å²) in [5.74, 6) is -1.36. The molecule has 2 aliphatic heterocycles. The van der Waals surface area contributed by atoms with Gasteiger partial charge in [-0.1, -0.05) is 17.7 Å². The first-order chi connectivity index (χ1) is 17.7. The Labute approximate surface area is 220 Å². The Balaban J connectivity index is 1.24. The third-order valence-corrected chi connectivity index (χ3v) is 9.06. The van der Waals surface area contributed by atoms with Gasteiger partial charge in [0.2, 0.25) is 0 Å². The van der Waals surface area contributed by atoms with Crippen LogP contribution in [0.5, 0.6) is 5.75 Å². The summed E-state index contributed by atoms with van der Waals surface area (Å²) < 4.78 is 62.1. The maximum atomic E-state index is 15.0. The SMILES string of the molecule is O=C(NS(=O)(=O)N1CCC1)c1cc(C2CC2)c(OC[C@@H]2CCCN(Cc3ccc(F)cc3Cl)C2)cc1F. The summed E-state index contributed by atoms with van der Waals surface area (Å²) in [4.78, 5) is 14.9. The number of hydrogen-bond acceptors (Lipinski definition) is 5. The lowest BCUT2D eigenvalue weighted by molar-refractivity contribution is 0.0973. The van der Waals surface area contributed by atoms with E-state index >= 15 is 0 Å². The summed E-state index contributed by atoms with van der Waals surface area (Å²) in [7, 11) is -3.97. The molecule has 2 heterocycles. The van der Waals surface area contributed by atoms with Crippen LogP contribution in [0, 0.1) is 17.6 Å². The molecule has 0 bridgehead atoms. The number of piperidine rings is 1. The molecule has 37 heavy (non-hydrogen) atoms. The van der Waals surface area contributed by atoms with Crippen LogP contribution in [0.1, 0.15) is 59.5 Å². The van der Waals surface area contributed by atoms with Crippen LogP contribution < -0.4 is 9.46 Å². The quantitative estimate of drug-likeness (QED) is 0.496. The molecular weight excluding hydrogens is 524 g/mol. The van der Waals surface area contributed by atoms with Crippen LogP contribution in [-0.4, -0.2) is 56.3 Å². The number of nitrogens with zero attached hydrogens (tertiary/aromatic N) is 2. The summed E-state index contributed by atoms with van der Waals surface area (Å²) in [6.45, 7) is 3.37. The highest BCUT2D eigenvalue weighted by atomic mass is 35.5. The Bertz CT molecular complexity index is 1280. The molecule has 3 aliphatic rings. The topological polar surface area (TPSA) is 79.0 Å². The van der Waals surface area contributed by atoms with E-state index in [1.807, 2.05) is 4.72 Å². The summed E-state index contributed by atoms with van der Waals surface area (Å²) in [5, 5.41) is 0.407. The number of carbonyl (C=O) groups excluding carboxylic acids is 1. The number of likely N-dealkylation sites (tertiary alicyclic amines) is 1. The molecular formula is C26H30ClF2N3O4S. The van der Waals surface area contributed by atoms with E-state index in [0.717, 1.165) is 60.6 Å². The van der Waals surface area contributed by atoms with Gasteiger partial charge in [-0.05, 0) is 73.9 Å². The molecule has 2 aromatic rings. The monoisotopic (exact) mass is 553 g/mol. The van der Waals surface area contributed by atoms with Crippen molar-refractivity contribution in [3.05, 3.63) is 63.7 Å². The predicted octanol–water partition coefficient (Wildman–Crippen LogP) is 4.47. The third kappa shape index (κ3) is 6.25. The van der Waals surface area contributed by atoms with E-state index in [1.165, 1.54) is 24.3 Å². The highest BCUT2D eigenvalue weighted by Crippen LogP contribution is 2.45. The molecule has 0 unspecified atom stereocenters. The van der Waals surface area contributed by atoms with Crippen LogP contribution in [0.15, 0.2) is 30.3 Å². The molecule has 7 nitrogen and oxygen atoms in total. The van der Waals surface area contributed by atoms with E-state index in [0.29, 0.717) is 37.0 Å². The highest BCUT2D eigenvalue weighted by Gasteiger charge is 2.33. The number of nitrogens with one attached hydrogen (secondary N) is 1. The van der Waals surface area contributed by atoms with E-state index in [1.54, 1.807) is 6.07 Å². The fourth-order valence-corrected chi connectivity index (χ4v) is 6.32. The normalized spacial score (nSPS) is 20.9. The van der Waals surface area contributed by atoms with Crippen molar-refractivity contribution in [1.82, 2.24) is 13.9 Å². The van der Waals surface area contributed by atoms with Crippen molar-refractivity contribution in [3.8, 4) is 5.75 Å². The van der Waals surface area contributed by atoms with Gasteiger partial charge in [0, 0.05) is 43.2 Å². The molecule has 200 valence electrons. The average Bonchev–Trinajstić information content (AvgIpc) is 3.63. The molecule has 1 aliphatic carbocycles. The van der Waals surface area contributed by atoms with Gasteiger partial charge in [0.15, 0.2) is 0 Å². The number of hydrogen-bond donors (Lipinski definition) is 1. The maximum absolute atomic E-state index is 15.0. The van der Waals surface area contributed by atoms with Crippen molar-refractivity contribution >= 4 is 27.7 Å². The Kier molecular flexibility index (Phi) is 7.72. The van der Waals surface area contributed by atoms with Crippen molar-refractivity contribution in [2.75, 3.05) is 32.8 Å². The van der Waals surface area contributed by atoms with Gasteiger partial charge in [-0.2, -0.15) is 12.7 Å². The van der Waals surface area contributed by atoms with Gasteiger partial charge < -0.3 is 4.74 Å². The fourth-order valence-electron chi connectivity index (χ4n) is 4.88. The number of amides is 1. The second-order valence-corrected chi connectivity index (χ2v) is 12.2. The van der Waals surface area contributed by atoms with E-state index < -0.39 is 21.9 Å². The highest BCUT2D eigenvalue weighted by molar-refractivity contribution is 7.87. The van der Waals surface area contributed by atoms with Crippen molar-refractivity contribution in [3.63, 3.8) is 0 Å².